The van der Waals surface area contributed by atoms with Crippen LogP contribution in [0.25, 0.3) is 11.5 Å². The van der Waals surface area contributed by atoms with Gasteiger partial charge in [0.15, 0.2) is 17.5 Å². The maximum absolute atomic E-state index is 12.4. The second kappa shape index (κ2) is 9.21. The lowest BCUT2D eigenvalue weighted by atomic mass is 10.1. The molecule has 0 aromatic carbocycles. The van der Waals surface area contributed by atoms with E-state index >= 15 is 0 Å². The van der Waals surface area contributed by atoms with Crippen molar-refractivity contribution < 1.29 is 14.3 Å². The molecule has 0 unspecified atom stereocenters. The van der Waals surface area contributed by atoms with Crippen molar-refractivity contribution in [1.29, 1.82) is 0 Å². The molecule has 31 heavy (non-hydrogen) atoms. The van der Waals surface area contributed by atoms with Crippen LogP contribution in [0.15, 0.2) is 30.7 Å². The monoisotopic (exact) mass is 443 g/mol. The molecule has 0 saturated heterocycles. The summed E-state index contributed by atoms with van der Waals surface area (Å²) in [5.41, 5.74) is 0.0286. The van der Waals surface area contributed by atoms with E-state index in [9.17, 15) is 4.79 Å². The van der Waals surface area contributed by atoms with E-state index in [2.05, 4.69) is 29.6 Å². The van der Waals surface area contributed by atoms with Gasteiger partial charge in [-0.3, -0.25) is 4.90 Å². The third-order valence-electron chi connectivity index (χ3n) is 3.91. The van der Waals surface area contributed by atoms with Gasteiger partial charge in [0.2, 0.25) is 5.13 Å². The molecular formula is C20H25N7O3S. The Morgan fingerprint density at radius 3 is 2.52 bits per heavy atom. The Kier molecular flexibility index (Phi) is 6.64. The van der Waals surface area contributed by atoms with Gasteiger partial charge in [0.05, 0.1) is 19.4 Å². The first-order valence-corrected chi connectivity index (χ1v) is 10.4. The number of pyridine rings is 1. The molecule has 3 aromatic heterocycles. The van der Waals surface area contributed by atoms with Crippen molar-refractivity contribution in [3.05, 3.63) is 30.7 Å². The highest BCUT2D eigenvalue weighted by Gasteiger charge is 2.32. The predicted molar refractivity (Wildman–Crippen MR) is 119 cm³/mol. The molecule has 164 valence electrons. The summed E-state index contributed by atoms with van der Waals surface area (Å²) in [7, 11) is 1.33. The summed E-state index contributed by atoms with van der Waals surface area (Å²) >= 11 is 1.15. The topological polar surface area (TPSA) is 115 Å². The fourth-order valence-electron chi connectivity index (χ4n) is 2.69. The number of carbonyl (C=O) groups is 1. The second-order valence-corrected chi connectivity index (χ2v) is 8.55. The van der Waals surface area contributed by atoms with Gasteiger partial charge in [0, 0.05) is 29.5 Å². The minimum Gasteiger partial charge on any atom is -0.489 e. The van der Waals surface area contributed by atoms with E-state index in [4.69, 9.17) is 9.47 Å². The quantitative estimate of drug-likeness (QED) is 0.595. The average Bonchev–Trinajstić information content (AvgIpc) is 3.17. The molecule has 0 fully saturated rings. The van der Waals surface area contributed by atoms with E-state index in [-0.39, 0.29) is 6.10 Å². The smallest absolute Gasteiger partial charge is 0.415 e. The van der Waals surface area contributed by atoms with Crippen LogP contribution < -0.4 is 15.0 Å². The molecule has 0 radical (unpaired) electrons. The molecule has 1 N–H and O–H groups in total. The molecule has 3 aromatic rings. The number of aromatic nitrogens is 5. The van der Waals surface area contributed by atoms with Crippen molar-refractivity contribution in [3.8, 4) is 17.3 Å². The Balaban J connectivity index is 1.85. The Morgan fingerprint density at radius 1 is 1.16 bits per heavy atom. The highest BCUT2D eigenvalue weighted by Crippen LogP contribution is 2.31. The minimum atomic E-state index is -0.588. The van der Waals surface area contributed by atoms with Crippen molar-refractivity contribution in [3.63, 3.8) is 0 Å². The van der Waals surface area contributed by atoms with Crippen LogP contribution in [-0.4, -0.2) is 49.2 Å². The van der Waals surface area contributed by atoms with Gasteiger partial charge in [-0.05, 0) is 46.8 Å². The zero-order chi connectivity index (χ0) is 22.6. The molecule has 0 spiro atoms. The van der Waals surface area contributed by atoms with Gasteiger partial charge < -0.3 is 14.8 Å². The van der Waals surface area contributed by atoms with Crippen LogP contribution in [0.2, 0.25) is 0 Å². The summed E-state index contributed by atoms with van der Waals surface area (Å²) in [5.74, 6) is 1.84. The first-order valence-electron chi connectivity index (χ1n) is 9.62. The molecular weight excluding hydrogens is 418 g/mol. The molecule has 0 aliphatic rings. The number of hydrogen-bond donors (Lipinski definition) is 1. The number of ether oxygens (including phenoxy) is 2. The van der Waals surface area contributed by atoms with Gasteiger partial charge >= 0.3 is 6.09 Å². The second-order valence-electron chi connectivity index (χ2n) is 7.80. The van der Waals surface area contributed by atoms with Gasteiger partial charge in [-0.2, -0.15) is 9.36 Å². The van der Waals surface area contributed by atoms with Crippen LogP contribution in [0.3, 0.4) is 0 Å². The van der Waals surface area contributed by atoms with E-state index in [1.54, 1.807) is 12.3 Å². The minimum absolute atomic E-state index is 0.0691. The SMILES string of the molecule is COC(=O)N(c1nccnc1Nc1nc(-c2ccc(OC(C)C)cn2)ns1)C(C)(C)C. The summed E-state index contributed by atoms with van der Waals surface area (Å²) in [4.78, 5) is 31.4. The summed E-state index contributed by atoms with van der Waals surface area (Å²) < 4.78 is 14.9. The molecule has 0 aliphatic carbocycles. The number of nitrogens with one attached hydrogen (secondary N) is 1. The Hall–Kier alpha value is -3.34. The fraction of sp³-hybridized carbons (Fsp3) is 0.400. The maximum atomic E-state index is 12.4. The largest absolute Gasteiger partial charge is 0.489 e. The number of carbonyl (C=O) groups excluding carboxylic acids is 1. The molecule has 0 atom stereocenters. The normalized spacial score (nSPS) is 11.3. The van der Waals surface area contributed by atoms with Crippen molar-refractivity contribution in [1.82, 2.24) is 24.3 Å². The lowest BCUT2D eigenvalue weighted by molar-refractivity contribution is 0.172. The van der Waals surface area contributed by atoms with Gasteiger partial charge in [-0.15, -0.1) is 0 Å². The third-order valence-corrected chi connectivity index (χ3v) is 4.54. The Labute approximate surface area is 184 Å². The van der Waals surface area contributed by atoms with Crippen molar-refractivity contribution in [2.45, 2.75) is 46.3 Å². The lowest BCUT2D eigenvalue weighted by Crippen LogP contribution is -2.46. The summed E-state index contributed by atoms with van der Waals surface area (Å²) in [6.45, 7) is 9.54. The molecule has 11 heteroatoms. The van der Waals surface area contributed by atoms with Crippen molar-refractivity contribution >= 4 is 34.4 Å². The fourth-order valence-corrected chi connectivity index (χ4v) is 3.26. The molecule has 3 heterocycles. The summed E-state index contributed by atoms with van der Waals surface area (Å²) in [5, 5.41) is 3.59. The number of amides is 1. The lowest BCUT2D eigenvalue weighted by Gasteiger charge is -2.33. The van der Waals surface area contributed by atoms with Crippen LogP contribution in [0.1, 0.15) is 34.6 Å². The summed E-state index contributed by atoms with van der Waals surface area (Å²) in [6, 6.07) is 3.63. The van der Waals surface area contributed by atoms with E-state index in [0.717, 1.165) is 11.5 Å². The van der Waals surface area contributed by atoms with Crippen LogP contribution in [0.4, 0.5) is 21.6 Å². The summed E-state index contributed by atoms with van der Waals surface area (Å²) in [6.07, 6.45) is 4.21. The third kappa shape index (κ3) is 5.43. The van der Waals surface area contributed by atoms with Crippen LogP contribution in [0, 0.1) is 0 Å². The first-order chi connectivity index (χ1) is 14.7. The van der Waals surface area contributed by atoms with Crippen molar-refractivity contribution in [2.75, 3.05) is 17.3 Å². The number of rotatable bonds is 6. The van der Waals surface area contributed by atoms with E-state index < -0.39 is 11.6 Å². The van der Waals surface area contributed by atoms with Gasteiger partial charge in [0.25, 0.3) is 0 Å². The first kappa shape index (κ1) is 22.3. The van der Waals surface area contributed by atoms with Crippen molar-refractivity contribution in [2.24, 2.45) is 0 Å². The van der Waals surface area contributed by atoms with Gasteiger partial charge in [0.1, 0.15) is 11.4 Å². The van der Waals surface area contributed by atoms with Crippen LogP contribution in [-0.2, 0) is 4.74 Å². The molecule has 0 aliphatic heterocycles. The Bertz CT molecular complexity index is 1030. The highest BCUT2D eigenvalue weighted by molar-refractivity contribution is 7.09. The molecule has 0 bridgehead atoms. The predicted octanol–water partition coefficient (Wildman–Crippen LogP) is 4.29. The number of nitrogens with zero attached hydrogens (tertiary/aromatic N) is 6. The zero-order valence-electron chi connectivity index (χ0n) is 18.3. The number of anilines is 3. The van der Waals surface area contributed by atoms with Crippen LogP contribution >= 0.6 is 11.5 Å². The average molecular weight is 444 g/mol. The maximum Gasteiger partial charge on any atom is 0.415 e. The van der Waals surface area contributed by atoms with E-state index in [1.807, 2.05) is 40.7 Å². The highest BCUT2D eigenvalue weighted by atomic mass is 32.1. The molecule has 10 nitrogen and oxygen atoms in total. The van der Waals surface area contributed by atoms with E-state index in [0.29, 0.717) is 34.0 Å². The molecule has 1 amide bonds. The van der Waals surface area contributed by atoms with Crippen LogP contribution in [0.5, 0.6) is 5.75 Å². The number of hydrogen-bond acceptors (Lipinski definition) is 10. The molecule has 3 rings (SSSR count). The Morgan fingerprint density at radius 2 is 1.90 bits per heavy atom. The van der Waals surface area contributed by atoms with Gasteiger partial charge in [-0.25, -0.2) is 19.7 Å². The molecule has 0 saturated carbocycles. The zero-order valence-corrected chi connectivity index (χ0v) is 19.1. The number of methoxy groups -OCH3 is 1. The van der Waals surface area contributed by atoms with Gasteiger partial charge in [-0.1, -0.05) is 0 Å². The van der Waals surface area contributed by atoms with E-state index in [1.165, 1.54) is 24.4 Å². The standard InChI is InChI=1S/C20H25N7O3S/c1-12(2)30-13-7-8-14(23-11-13)15-24-18(31-26-15)25-16-17(22-10-9-21-16)27(19(28)29-6)20(3,4)5/h7-12H,1-6H3,(H,21,24,25,26).